The van der Waals surface area contributed by atoms with Crippen LogP contribution in [0.15, 0.2) is 12.3 Å². The van der Waals surface area contributed by atoms with E-state index in [4.69, 9.17) is 14.6 Å². The first kappa shape index (κ1) is 14.5. The molecule has 1 aliphatic heterocycles. The van der Waals surface area contributed by atoms with Crippen LogP contribution in [-0.4, -0.2) is 52.4 Å². The highest BCUT2D eigenvalue weighted by Crippen LogP contribution is 2.28. The van der Waals surface area contributed by atoms with Crippen molar-refractivity contribution in [2.24, 2.45) is 0 Å². The van der Waals surface area contributed by atoms with Gasteiger partial charge >= 0.3 is 5.97 Å². The zero-order chi connectivity index (χ0) is 14.8. The molecule has 7 heteroatoms. The maximum atomic E-state index is 10.5. The van der Waals surface area contributed by atoms with E-state index in [0.29, 0.717) is 24.9 Å². The van der Waals surface area contributed by atoms with Gasteiger partial charge in [-0.05, 0) is 20.8 Å². The van der Waals surface area contributed by atoms with Crippen molar-refractivity contribution in [3.63, 3.8) is 0 Å². The van der Waals surface area contributed by atoms with Gasteiger partial charge in [-0.1, -0.05) is 0 Å². The van der Waals surface area contributed by atoms with Gasteiger partial charge in [0.1, 0.15) is 12.2 Å². The van der Waals surface area contributed by atoms with Crippen molar-refractivity contribution >= 4 is 11.9 Å². The first-order valence-electron chi connectivity index (χ1n) is 6.48. The number of carbonyl (C=O) groups is 1. The number of ether oxygens (including phenoxy) is 2. The molecule has 0 unspecified atom stereocenters. The monoisotopic (exact) mass is 281 g/mol. The fraction of sp³-hybridized carbons (Fsp3) is 0.615. The molecule has 0 bridgehead atoms. The number of carboxylic acid groups (broad SMARTS) is 1. The maximum absolute atomic E-state index is 10.5. The molecule has 1 saturated heterocycles. The summed E-state index contributed by atoms with van der Waals surface area (Å²) in [6.07, 6.45) is 1.70. The first-order chi connectivity index (χ1) is 9.38. The van der Waals surface area contributed by atoms with E-state index in [2.05, 4.69) is 9.97 Å². The molecule has 7 nitrogen and oxygen atoms in total. The molecule has 1 fully saturated rings. The summed E-state index contributed by atoms with van der Waals surface area (Å²) in [6.45, 7) is 6.57. The normalized spacial score (nSPS) is 16.9. The molecule has 0 amide bonds. The second kappa shape index (κ2) is 5.62. The van der Waals surface area contributed by atoms with Gasteiger partial charge in [0.05, 0.1) is 19.2 Å². The average molecular weight is 281 g/mol. The van der Waals surface area contributed by atoms with Crippen molar-refractivity contribution < 1.29 is 19.4 Å². The molecule has 0 saturated carbocycles. The topological polar surface area (TPSA) is 84.8 Å². The predicted molar refractivity (Wildman–Crippen MR) is 72.0 cm³/mol. The lowest BCUT2D eigenvalue weighted by Gasteiger charge is -2.47. The first-order valence-corrected chi connectivity index (χ1v) is 6.48. The van der Waals surface area contributed by atoms with Crippen LogP contribution in [0.4, 0.5) is 5.95 Å². The quantitative estimate of drug-likeness (QED) is 0.830. The number of carboxylic acids is 1. The highest BCUT2D eigenvalue weighted by Gasteiger charge is 2.41. The van der Waals surface area contributed by atoms with E-state index in [1.54, 1.807) is 12.3 Å². The zero-order valence-corrected chi connectivity index (χ0v) is 11.9. The van der Waals surface area contributed by atoms with E-state index in [0.717, 1.165) is 0 Å². The molecular weight excluding hydrogens is 262 g/mol. The highest BCUT2D eigenvalue weighted by molar-refractivity contribution is 5.68. The third kappa shape index (κ3) is 3.57. The lowest BCUT2D eigenvalue weighted by Crippen LogP contribution is -2.62. The third-order valence-electron chi connectivity index (χ3n) is 2.85. The molecule has 1 N–H and O–H groups in total. The van der Waals surface area contributed by atoms with Gasteiger partial charge in [0.25, 0.3) is 0 Å². The van der Waals surface area contributed by atoms with Crippen LogP contribution >= 0.6 is 0 Å². The Morgan fingerprint density at radius 1 is 1.55 bits per heavy atom. The van der Waals surface area contributed by atoms with E-state index < -0.39 is 11.6 Å². The van der Waals surface area contributed by atoms with E-state index in [9.17, 15) is 4.79 Å². The van der Waals surface area contributed by atoms with Crippen molar-refractivity contribution in [2.75, 3.05) is 24.6 Å². The number of hydrogen-bond donors (Lipinski definition) is 1. The molecule has 0 atom stereocenters. The van der Waals surface area contributed by atoms with Gasteiger partial charge in [0, 0.05) is 12.3 Å². The summed E-state index contributed by atoms with van der Waals surface area (Å²) >= 11 is 0. The molecule has 0 aliphatic carbocycles. The second-order valence-electron chi connectivity index (χ2n) is 5.35. The Kier molecular flexibility index (Phi) is 4.08. The van der Waals surface area contributed by atoms with Crippen molar-refractivity contribution in [3.8, 4) is 5.88 Å². The number of aromatic nitrogens is 2. The van der Waals surface area contributed by atoms with Gasteiger partial charge < -0.3 is 19.5 Å². The molecule has 0 aromatic carbocycles. The van der Waals surface area contributed by atoms with Gasteiger partial charge in [-0.3, -0.25) is 0 Å². The second-order valence-corrected chi connectivity index (χ2v) is 5.35. The van der Waals surface area contributed by atoms with E-state index in [1.807, 2.05) is 25.7 Å². The number of rotatable bonds is 6. The van der Waals surface area contributed by atoms with Crippen LogP contribution < -0.4 is 9.64 Å². The Hall–Kier alpha value is -1.89. The highest BCUT2D eigenvalue weighted by atomic mass is 16.5. The predicted octanol–water partition coefficient (Wildman–Crippen LogP) is 0.944. The summed E-state index contributed by atoms with van der Waals surface area (Å²) < 4.78 is 10.9. The minimum Gasteiger partial charge on any atom is -0.480 e. The summed E-state index contributed by atoms with van der Waals surface area (Å²) in [5.74, 6) is 0.137. The molecule has 110 valence electrons. The van der Waals surface area contributed by atoms with Gasteiger partial charge in [-0.15, -0.1) is 0 Å². The molecule has 2 heterocycles. The Bertz CT molecular complexity index is 486. The maximum Gasteiger partial charge on any atom is 0.329 e. The standard InChI is InChI=1S/C13H19N3O4/c1-9(2)20-10-4-5-14-12(15-10)16-7-13(3,8-16)19-6-11(17)18/h4-5,9H,6-8H2,1-3H3,(H,17,18). The van der Waals surface area contributed by atoms with Crippen molar-refractivity contribution in [2.45, 2.75) is 32.5 Å². The molecule has 1 aliphatic rings. The van der Waals surface area contributed by atoms with Gasteiger partial charge in [-0.2, -0.15) is 4.98 Å². The van der Waals surface area contributed by atoms with Crippen LogP contribution in [0.1, 0.15) is 20.8 Å². The van der Waals surface area contributed by atoms with Crippen LogP contribution in [0.3, 0.4) is 0 Å². The molecule has 0 spiro atoms. The summed E-state index contributed by atoms with van der Waals surface area (Å²) in [7, 11) is 0. The Labute approximate surface area is 117 Å². The Balaban J connectivity index is 1.93. The van der Waals surface area contributed by atoms with E-state index >= 15 is 0 Å². The SMILES string of the molecule is CC(C)Oc1ccnc(N2CC(C)(OCC(=O)O)C2)n1. The molecule has 20 heavy (non-hydrogen) atoms. The summed E-state index contributed by atoms with van der Waals surface area (Å²) in [5, 5.41) is 8.62. The third-order valence-corrected chi connectivity index (χ3v) is 2.85. The van der Waals surface area contributed by atoms with Crippen LogP contribution in [-0.2, 0) is 9.53 Å². The van der Waals surface area contributed by atoms with Crippen LogP contribution in [0, 0.1) is 0 Å². The Morgan fingerprint density at radius 2 is 2.25 bits per heavy atom. The van der Waals surface area contributed by atoms with Crippen LogP contribution in [0.5, 0.6) is 5.88 Å². The lowest BCUT2D eigenvalue weighted by molar-refractivity contribution is -0.150. The number of nitrogens with zero attached hydrogens (tertiary/aromatic N) is 3. The summed E-state index contributed by atoms with van der Waals surface area (Å²) in [6, 6.07) is 1.71. The van der Waals surface area contributed by atoms with Crippen LogP contribution in [0.25, 0.3) is 0 Å². The number of anilines is 1. The molecule has 2 rings (SSSR count). The number of aliphatic carboxylic acids is 1. The lowest BCUT2D eigenvalue weighted by atomic mass is 9.97. The van der Waals surface area contributed by atoms with Crippen LogP contribution in [0.2, 0.25) is 0 Å². The van der Waals surface area contributed by atoms with Crippen molar-refractivity contribution in [1.29, 1.82) is 0 Å². The smallest absolute Gasteiger partial charge is 0.329 e. The van der Waals surface area contributed by atoms with E-state index in [-0.39, 0.29) is 12.7 Å². The molecule has 1 aromatic heterocycles. The number of hydrogen-bond acceptors (Lipinski definition) is 6. The largest absolute Gasteiger partial charge is 0.480 e. The van der Waals surface area contributed by atoms with Gasteiger partial charge in [0.2, 0.25) is 11.8 Å². The summed E-state index contributed by atoms with van der Waals surface area (Å²) in [4.78, 5) is 20.9. The average Bonchev–Trinajstić information content (AvgIpc) is 2.32. The van der Waals surface area contributed by atoms with Crippen molar-refractivity contribution in [1.82, 2.24) is 9.97 Å². The fourth-order valence-corrected chi connectivity index (χ4v) is 2.02. The Morgan fingerprint density at radius 3 is 2.85 bits per heavy atom. The van der Waals surface area contributed by atoms with Gasteiger partial charge in [0.15, 0.2) is 0 Å². The molecule has 0 radical (unpaired) electrons. The minimum absolute atomic E-state index is 0.0540. The van der Waals surface area contributed by atoms with E-state index in [1.165, 1.54) is 0 Å². The van der Waals surface area contributed by atoms with Crippen molar-refractivity contribution in [3.05, 3.63) is 12.3 Å². The molecule has 1 aromatic rings. The molecular formula is C13H19N3O4. The zero-order valence-electron chi connectivity index (χ0n) is 11.9. The minimum atomic E-state index is -0.965. The van der Waals surface area contributed by atoms with Gasteiger partial charge in [-0.25, -0.2) is 9.78 Å². The summed E-state index contributed by atoms with van der Waals surface area (Å²) in [5.41, 5.74) is -0.462. The fourth-order valence-electron chi connectivity index (χ4n) is 2.02.